The van der Waals surface area contributed by atoms with Crippen molar-refractivity contribution in [3.8, 4) is 0 Å². The van der Waals surface area contributed by atoms with E-state index in [4.69, 9.17) is 0 Å². The maximum absolute atomic E-state index is 14.6. The van der Waals surface area contributed by atoms with Crippen LogP contribution < -0.4 is 9.62 Å². The summed E-state index contributed by atoms with van der Waals surface area (Å²) >= 11 is 1.54. The number of nitrogens with one attached hydrogen (secondary N) is 1. The number of hydrogen-bond donors (Lipinski definition) is 1. The fraction of sp³-hybridized carbons (Fsp3) is 0.350. The molecule has 0 bridgehead atoms. The second-order valence-electron chi connectivity index (χ2n) is 6.39. The van der Waals surface area contributed by atoms with E-state index in [1.54, 1.807) is 4.90 Å². The number of carbonyl (C=O) groups excluding carboxylic acids is 1. The lowest BCUT2D eigenvalue weighted by Crippen LogP contribution is -2.36. The Hall–Kier alpha value is -2.01. The monoisotopic (exact) mass is 358 g/mol. The largest absolute Gasteiger partial charge is 0.329 e. The van der Waals surface area contributed by atoms with Crippen molar-refractivity contribution in [1.82, 2.24) is 0 Å². The van der Waals surface area contributed by atoms with Crippen LogP contribution in [0.2, 0.25) is 0 Å². The number of carbonyl (C=O) groups is 1. The predicted octanol–water partition coefficient (Wildman–Crippen LogP) is 5.08. The normalized spacial score (nSPS) is 13.7. The SMILES string of the molecule is CCCN1C(=O)CCc2cc(NSCc3ccc(C)cc3)cc(F)c21. The van der Waals surface area contributed by atoms with Crippen LogP contribution in [0.4, 0.5) is 15.8 Å². The highest BCUT2D eigenvalue weighted by Gasteiger charge is 2.27. The molecule has 2 aromatic rings. The molecule has 0 aromatic heterocycles. The Kier molecular flexibility index (Phi) is 5.63. The summed E-state index contributed by atoms with van der Waals surface area (Å²) in [6.45, 7) is 4.63. The van der Waals surface area contributed by atoms with E-state index in [0.717, 1.165) is 23.4 Å². The van der Waals surface area contributed by atoms with Crippen molar-refractivity contribution in [2.75, 3.05) is 16.2 Å². The number of nitrogens with zero attached hydrogens (tertiary/aromatic N) is 1. The average molecular weight is 358 g/mol. The van der Waals surface area contributed by atoms with E-state index in [1.165, 1.54) is 29.1 Å². The lowest BCUT2D eigenvalue weighted by atomic mass is 10.00. The quantitative estimate of drug-likeness (QED) is 0.731. The summed E-state index contributed by atoms with van der Waals surface area (Å²) in [7, 11) is 0. The highest BCUT2D eigenvalue weighted by molar-refractivity contribution is 7.99. The van der Waals surface area contributed by atoms with E-state index < -0.39 is 0 Å². The average Bonchev–Trinajstić information content (AvgIpc) is 2.59. The lowest BCUT2D eigenvalue weighted by molar-refractivity contribution is -0.118. The number of halogens is 1. The second kappa shape index (κ2) is 7.91. The highest BCUT2D eigenvalue weighted by Crippen LogP contribution is 2.34. The maximum Gasteiger partial charge on any atom is 0.227 e. The van der Waals surface area contributed by atoms with Crippen molar-refractivity contribution in [3.05, 3.63) is 58.9 Å². The molecule has 0 saturated heterocycles. The Morgan fingerprint density at radius 1 is 1.20 bits per heavy atom. The van der Waals surface area contributed by atoms with E-state index >= 15 is 0 Å². The van der Waals surface area contributed by atoms with Crippen LogP contribution in [0.1, 0.15) is 36.5 Å². The molecular weight excluding hydrogens is 335 g/mol. The van der Waals surface area contributed by atoms with Gasteiger partial charge < -0.3 is 9.62 Å². The lowest BCUT2D eigenvalue weighted by Gasteiger charge is -2.30. The summed E-state index contributed by atoms with van der Waals surface area (Å²) in [5.41, 5.74) is 4.59. The first-order valence-corrected chi connectivity index (χ1v) is 9.63. The van der Waals surface area contributed by atoms with Crippen LogP contribution in [0.25, 0.3) is 0 Å². The summed E-state index contributed by atoms with van der Waals surface area (Å²) in [5, 5.41) is 0. The smallest absolute Gasteiger partial charge is 0.227 e. The maximum atomic E-state index is 14.6. The van der Waals surface area contributed by atoms with E-state index in [1.807, 2.05) is 13.0 Å². The molecule has 1 amide bonds. The Morgan fingerprint density at radius 3 is 2.68 bits per heavy atom. The van der Waals surface area contributed by atoms with Gasteiger partial charge in [-0.15, -0.1) is 0 Å². The number of aryl methyl sites for hydroxylation is 2. The van der Waals surface area contributed by atoms with Crippen LogP contribution in [0, 0.1) is 12.7 Å². The molecule has 0 spiro atoms. The van der Waals surface area contributed by atoms with Crippen molar-refractivity contribution < 1.29 is 9.18 Å². The first-order chi connectivity index (χ1) is 12.1. The van der Waals surface area contributed by atoms with Gasteiger partial charge in [0.2, 0.25) is 5.91 Å². The van der Waals surface area contributed by atoms with Crippen LogP contribution in [-0.2, 0) is 17.0 Å². The van der Waals surface area contributed by atoms with Gasteiger partial charge >= 0.3 is 0 Å². The standard InChI is InChI=1S/C20H23FN2OS/c1-3-10-23-19(24)9-8-16-11-17(12-18(21)20(16)23)22-25-13-15-6-4-14(2)5-7-15/h4-7,11-12,22H,3,8-10,13H2,1-2H3. The summed E-state index contributed by atoms with van der Waals surface area (Å²) < 4.78 is 17.9. The first-order valence-electron chi connectivity index (χ1n) is 8.64. The molecule has 1 N–H and O–H groups in total. The summed E-state index contributed by atoms with van der Waals surface area (Å²) in [6.07, 6.45) is 1.87. The minimum atomic E-state index is -0.322. The van der Waals surface area contributed by atoms with Crippen LogP contribution in [0.5, 0.6) is 0 Å². The third-order valence-corrected chi connectivity index (χ3v) is 5.18. The molecule has 3 rings (SSSR count). The summed E-state index contributed by atoms with van der Waals surface area (Å²) in [6, 6.07) is 11.8. The minimum Gasteiger partial charge on any atom is -0.329 e. The molecule has 0 fully saturated rings. The number of fused-ring (bicyclic) bond motifs is 1. The molecule has 1 aliphatic heterocycles. The van der Waals surface area contributed by atoms with E-state index in [9.17, 15) is 9.18 Å². The molecular formula is C20H23FN2OS. The molecule has 5 heteroatoms. The van der Waals surface area contributed by atoms with Gasteiger partial charge in [-0.25, -0.2) is 4.39 Å². The van der Waals surface area contributed by atoms with Crippen LogP contribution in [0.3, 0.4) is 0 Å². The Labute approximate surface area is 152 Å². The third kappa shape index (κ3) is 4.15. The Bertz CT molecular complexity index is 761. The van der Waals surface area contributed by atoms with Gasteiger partial charge in [0, 0.05) is 24.4 Å². The molecule has 0 atom stereocenters. The predicted molar refractivity (Wildman–Crippen MR) is 103 cm³/mol. The number of anilines is 2. The molecule has 132 valence electrons. The molecule has 0 aliphatic carbocycles. The zero-order valence-electron chi connectivity index (χ0n) is 14.6. The van der Waals surface area contributed by atoms with Gasteiger partial charge in [0.15, 0.2) is 0 Å². The van der Waals surface area contributed by atoms with Gasteiger partial charge in [-0.3, -0.25) is 4.79 Å². The van der Waals surface area contributed by atoms with Gasteiger partial charge in [-0.05, 0) is 55.0 Å². The molecule has 25 heavy (non-hydrogen) atoms. The molecule has 1 aliphatic rings. The van der Waals surface area contributed by atoms with Gasteiger partial charge in [-0.1, -0.05) is 36.8 Å². The van der Waals surface area contributed by atoms with Gasteiger partial charge in [0.1, 0.15) is 5.82 Å². The van der Waals surface area contributed by atoms with Crippen molar-refractivity contribution in [2.45, 2.75) is 38.9 Å². The fourth-order valence-electron chi connectivity index (χ4n) is 3.06. The minimum absolute atomic E-state index is 0.0164. The molecule has 0 unspecified atom stereocenters. The zero-order valence-corrected chi connectivity index (χ0v) is 15.5. The topological polar surface area (TPSA) is 32.3 Å². The molecule has 1 heterocycles. The third-order valence-electron chi connectivity index (χ3n) is 4.32. The summed E-state index contributed by atoms with van der Waals surface area (Å²) in [5.74, 6) is 0.500. The van der Waals surface area contributed by atoms with E-state index in [0.29, 0.717) is 25.1 Å². The van der Waals surface area contributed by atoms with Crippen molar-refractivity contribution in [3.63, 3.8) is 0 Å². The van der Waals surface area contributed by atoms with E-state index in [-0.39, 0.29) is 11.7 Å². The number of rotatable bonds is 6. The number of benzene rings is 2. The first kappa shape index (κ1) is 17.8. The van der Waals surface area contributed by atoms with Crippen molar-refractivity contribution in [2.24, 2.45) is 0 Å². The van der Waals surface area contributed by atoms with Crippen molar-refractivity contribution in [1.29, 1.82) is 0 Å². The Balaban J connectivity index is 1.70. The van der Waals surface area contributed by atoms with Gasteiger partial charge in [-0.2, -0.15) is 0 Å². The Morgan fingerprint density at radius 2 is 1.96 bits per heavy atom. The van der Waals surface area contributed by atoms with Crippen LogP contribution >= 0.6 is 11.9 Å². The van der Waals surface area contributed by atoms with Crippen LogP contribution in [-0.4, -0.2) is 12.5 Å². The van der Waals surface area contributed by atoms with Gasteiger partial charge in [0.25, 0.3) is 0 Å². The fourth-order valence-corrected chi connectivity index (χ4v) is 3.77. The van der Waals surface area contributed by atoms with Crippen molar-refractivity contribution >= 4 is 29.2 Å². The molecule has 2 aromatic carbocycles. The second-order valence-corrected chi connectivity index (χ2v) is 7.17. The number of hydrogen-bond acceptors (Lipinski definition) is 3. The number of amides is 1. The van der Waals surface area contributed by atoms with Gasteiger partial charge in [0.05, 0.1) is 5.69 Å². The highest BCUT2D eigenvalue weighted by atomic mass is 32.2. The van der Waals surface area contributed by atoms with E-state index in [2.05, 4.69) is 35.9 Å². The zero-order chi connectivity index (χ0) is 17.8. The molecule has 0 saturated carbocycles. The van der Waals surface area contributed by atoms with Crippen LogP contribution in [0.15, 0.2) is 36.4 Å². The molecule has 0 radical (unpaired) electrons. The summed E-state index contributed by atoms with van der Waals surface area (Å²) in [4.78, 5) is 13.7. The molecule has 3 nitrogen and oxygen atoms in total.